The van der Waals surface area contributed by atoms with E-state index < -0.39 is 10.1 Å². The van der Waals surface area contributed by atoms with Gasteiger partial charge in [-0.1, -0.05) is 24.6 Å². The van der Waals surface area contributed by atoms with Crippen molar-refractivity contribution in [3.8, 4) is 0 Å². The summed E-state index contributed by atoms with van der Waals surface area (Å²) < 4.78 is 28.4. The minimum atomic E-state index is -3.58. The third-order valence-corrected chi connectivity index (χ3v) is 4.60. The van der Waals surface area contributed by atoms with E-state index in [9.17, 15) is 8.42 Å². The molecule has 5 heteroatoms. The van der Waals surface area contributed by atoms with Crippen LogP contribution in [0.4, 0.5) is 0 Å². The number of thioether (sulfide) groups is 1. The number of hydrogen-bond acceptors (Lipinski definition) is 4. The van der Waals surface area contributed by atoms with Crippen LogP contribution in [0.2, 0.25) is 0 Å². The van der Waals surface area contributed by atoms with Gasteiger partial charge in [0.1, 0.15) is 0 Å². The average molecular weight is 274 g/mol. The molecule has 0 aliphatic rings. The number of benzene rings is 1. The van der Waals surface area contributed by atoms with Gasteiger partial charge in [0.05, 0.1) is 11.5 Å². The van der Waals surface area contributed by atoms with Crippen molar-refractivity contribution >= 4 is 21.9 Å². The molecular weight excluding hydrogens is 256 g/mol. The Kier molecular flexibility index (Phi) is 6.02. The minimum Gasteiger partial charge on any atom is -0.266 e. The lowest BCUT2D eigenvalue weighted by Crippen LogP contribution is -2.09. The molecule has 0 atom stereocenters. The topological polar surface area (TPSA) is 43.4 Å². The predicted molar refractivity (Wildman–Crippen MR) is 71.9 cm³/mol. The molecule has 0 saturated heterocycles. The number of hydrogen-bond donors (Lipinski definition) is 0. The van der Waals surface area contributed by atoms with E-state index in [1.807, 2.05) is 6.92 Å². The summed E-state index contributed by atoms with van der Waals surface area (Å²) in [4.78, 5) is 0.226. The Morgan fingerprint density at radius 1 is 1.18 bits per heavy atom. The van der Waals surface area contributed by atoms with Crippen LogP contribution in [0.1, 0.15) is 18.9 Å². The Bertz CT molecular complexity index is 424. The molecule has 0 amide bonds. The first-order valence-electron chi connectivity index (χ1n) is 5.60. The van der Waals surface area contributed by atoms with Gasteiger partial charge in [0.2, 0.25) is 0 Å². The molecule has 0 aliphatic heterocycles. The lowest BCUT2D eigenvalue weighted by molar-refractivity contribution is 0.341. The average Bonchev–Trinajstić information content (AvgIpc) is 2.29. The van der Waals surface area contributed by atoms with Crippen LogP contribution in [0.25, 0.3) is 0 Å². The molecule has 0 aliphatic carbocycles. The van der Waals surface area contributed by atoms with Gasteiger partial charge in [0.25, 0.3) is 10.1 Å². The second kappa shape index (κ2) is 7.03. The Hall–Kier alpha value is -0.520. The highest BCUT2D eigenvalue weighted by atomic mass is 32.2. The molecule has 0 radical (unpaired) electrons. The van der Waals surface area contributed by atoms with Gasteiger partial charge in [-0.15, -0.1) is 0 Å². The fourth-order valence-electron chi connectivity index (χ4n) is 1.22. The molecular formula is C12H18O3S2. The van der Waals surface area contributed by atoms with E-state index in [1.165, 1.54) is 0 Å². The van der Waals surface area contributed by atoms with Crippen LogP contribution in [0.15, 0.2) is 29.2 Å². The fraction of sp³-hybridized carbons (Fsp3) is 0.500. The van der Waals surface area contributed by atoms with Gasteiger partial charge in [-0.2, -0.15) is 20.2 Å². The van der Waals surface area contributed by atoms with Crippen LogP contribution in [0.5, 0.6) is 0 Å². The van der Waals surface area contributed by atoms with Crippen LogP contribution in [0, 0.1) is 6.92 Å². The highest BCUT2D eigenvalue weighted by Crippen LogP contribution is 2.13. The van der Waals surface area contributed by atoms with Gasteiger partial charge in [-0.05, 0) is 31.2 Å². The number of rotatable bonds is 7. The summed E-state index contributed by atoms with van der Waals surface area (Å²) in [5.74, 6) is 1.74. The maximum atomic E-state index is 11.7. The lowest BCUT2D eigenvalue weighted by Gasteiger charge is -2.05. The van der Waals surface area contributed by atoms with E-state index in [-0.39, 0.29) is 11.5 Å². The zero-order valence-corrected chi connectivity index (χ0v) is 11.8. The maximum absolute atomic E-state index is 11.7. The first-order chi connectivity index (χ1) is 8.06. The standard InChI is InChI=1S/C12H18O3S2/c1-3-9-16-10-8-15-17(13,14)12-6-4-11(2)5-7-12/h4-7H,3,8-10H2,1-2H3. The van der Waals surface area contributed by atoms with Crippen molar-refractivity contribution in [2.75, 3.05) is 18.1 Å². The highest BCUT2D eigenvalue weighted by molar-refractivity contribution is 7.99. The van der Waals surface area contributed by atoms with Crippen molar-refractivity contribution in [2.24, 2.45) is 0 Å². The van der Waals surface area contributed by atoms with Gasteiger partial charge >= 0.3 is 0 Å². The van der Waals surface area contributed by atoms with Crippen molar-refractivity contribution in [3.05, 3.63) is 29.8 Å². The summed E-state index contributed by atoms with van der Waals surface area (Å²) in [5, 5.41) is 0. The Balaban J connectivity index is 2.48. The van der Waals surface area contributed by atoms with Crippen LogP contribution in [-0.4, -0.2) is 26.5 Å². The van der Waals surface area contributed by atoms with Crippen molar-refractivity contribution in [2.45, 2.75) is 25.2 Å². The SMILES string of the molecule is CCCSCCOS(=O)(=O)c1ccc(C)cc1. The van der Waals surface area contributed by atoms with Crippen LogP contribution >= 0.6 is 11.8 Å². The molecule has 0 aromatic heterocycles. The quantitative estimate of drug-likeness (QED) is 0.566. The van der Waals surface area contributed by atoms with E-state index >= 15 is 0 Å². The maximum Gasteiger partial charge on any atom is 0.296 e. The first-order valence-corrected chi connectivity index (χ1v) is 8.16. The van der Waals surface area contributed by atoms with Crippen molar-refractivity contribution < 1.29 is 12.6 Å². The monoisotopic (exact) mass is 274 g/mol. The molecule has 0 saturated carbocycles. The summed E-state index contributed by atoms with van der Waals surface area (Å²) in [6, 6.07) is 6.68. The summed E-state index contributed by atoms with van der Waals surface area (Å²) in [5.41, 5.74) is 1.03. The van der Waals surface area contributed by atoms with Crippen LogP contribution in [-0.2, 0) is 14.3 Å². The molecule has 0 bridgehead atoms. The van der Waals surface area contributed by atoms with Crippen LogP contribution in [0.3, 0.4) is 0 Å². The summed E-state index contributed by atoms with van der Waals surface area (Å²) >= 11 is 1.70. The van der Waals surface area contributed by atoms with Gasteiger partial charge in [0.15, 0.2) is 0 Å². The Labute approximate surface area is 108 Å². The van der Waals surface area contributed by atoms with Gasteiger partial charge < -0.3 is 0 Å². The third-order valence-electron chi connectivity index (χ3n) is 2.12. The predicted octanol–water partition coefficient (Wildman–Crippen LogP) is 2.84. The van der Waals surface area contributed by atoms with Crippen molar-refractivity contribution in [3.63, 3.8) is 0 Å². The molecule has 0 N–H and O–H groups in total. The van der Waals surface area contributed by atoms with E-state index in [0.29, 0.717) is 5.75 Å². The van der Waals surface area contributed by atoms with E-state index in [1.54, 1.807) is 36.0 Å². The van der Waals surface area contributed by atoms with Crippen molar-refractivity contribution in [1.29, 1.82) is 0 Å². The van der Waals surface area contributed by atoms with Gasteiger partial charge in [0, 0.05) is 5.75 Å². The van der Waals surface area contributed by atoms with Gasteiger partial charge in [-0.3, -0.25) is 4.18 Å². The largest absolute Gasteiger partial charge is 0.296 e. The molecule has 0 spiro atoms. The molecule has 1 aromatic rings. The molecule has 0 fully saturated rings. The van der Waals surface area contributed by atoms with E-state index in [2.05, 4.69) is 6.92 Å². The fourth-order valence-corrected chi connectivity index (χ4v) is 2.93. The molecule has 0 unspecified atom stereocenters. The minimum absolute atomic E-state index is 0.226. The third kappa shape index (κ3) is 5.10. The van der Waals surface area contributed by atoms with Crippen LogP contribution < -0.4 is 0 Å². The second-order valence-corrected chi connectivity index (χ2v) is 6.54. The summed E-state index contributed by atoms with van der Waals surface area (Å²) in [6.07, 6.45) is 1.09. The normalized spacial score (nSPS) is 11.6. The molecule has 1 aromatic carbocycles. The second-order valence-electron chi connectivity index (χ2n) is 3.70. The Morgan fingerprint density at radius 3 is 2.41 bits per heavy atom. The molecule has 17 heavy (non-hydrogen) atoms. The molecule has 3 nitrogen and oxygen atoms in total. The number of aryl methyl sites for hydroxylation is 1. The van der Waals surface area contributed by atoms with E-state index in [4.69, 9.17) is 4.18 Å². The first kappa shape index (κ1) is 14.5. The lowest BCUT2D eigenvalue weighted by atomic mass is 10.2. The molecule has 0 heterocycles. The molecule has 1 rings (SSSR count). The summed E-state index contributed by atoms with van der Waals surface area (Å²) in [6.45, 7) is 4.25. The van der Waals surface area contributed by atoms with Gasteiger partial charge in [-0.25, -0.2) is 0 Å². The highest BCUT2D eigenvalue weighted by Gasteiger charge is 2.14. The molecule has 96 valence electrons. The Morgan fingerprint density at radius 2 is 1.82 bits per heavy atom. The summed E-state index contributed by atoms with van der Waals surface area (Å²) in [7, 11) is -3.58. The van der Waals surface area contributed by atoms with Crippen molar-refractivity contribution in [1.82, 2.24) is 0 Å². The zero-order chi connectivity index (χ0) is 12.7. The zero-order valence-electron chi connectivity index (χ0n) is 10.2. The van der Waals surface area contributed by atoms with E-state index in [0.717, 1.165) is 17.7 Å². The smallest absolute Gasteiger partial charge is 0.266 e.